The fraction of sp³-hybridized carbons (Fsp3) is 0.316. The van der Waals surface area contributed by atoms with Crippen molar-refractivity contribution in [2.45, 2.75) is 18.7 Å². The molecule has 0 aliphatic carbocycles. The van der Waals surface area contributed by atoms with Crippen LogP contribution in [0.2, 0.25) is 0 Å². The molecule has 0 fully saturated rings. The summed E-state index contributed by atoms with van der Waals surface area (Å²) >= 11 is 0. The first-order chi connectivity index (χ1) is 12.8. The van der Waals surface area contributed by atoms with E-state index < -0.39 is 10.0 Å². The second-order valence-electron chi connectivity index (χ2n) is 5.87. The summed E-state index contributed by atoms with van der Waals surface area (Å²) in [6.07, 6.45) is 0. The Morgan fingerprint density at radius 3 is 2.41 bits per heavy atom. The molecule has 0 radical (unpaired) electrons. The molecule has 1 N–H and O–H groups in total. The summed E-state index contributed by atoms with van der Waals surface area (Å²) in [6, 6.07) is 11.9. The summed E-state index contributed by atoms with van der Waals surface area (Å²) in [7, 11) is -0.929. The molecule has 0 aliphatic heterocycles. The molecule has 8 heteroatoms. The molecule has 0 atom stereocenters. The van der Waals surface area contributed by atoms with Crippen molar-refractivity contribution in [2.24, 2.45) is 0 Å². The van der Waals surface area contributed by atoms with Crippen LogP contribution in [0.1, 0.15) is 12.5 Å². The minimum atomic E-state index is -3.81. The van der Waals surface area contributed by atoms with Gasteiger partial charge in [-0.2, -0.15) is 0 Å². The summed E-state index contributed by atoms with van der Waals surface area (Å²) in [5.74, 6) is 0.516. The second kappa shape index (κ2) is 8.88. The zero-order valence-electron chi connectivity index (χ0n) is 15.9. The fourth-order valence-corrected chi connectivity index (χ4v) is 3.85. The van der Waals surface area contributed by atoms with E-state index in [1.54, 1.807) is 11.0 Å². The zero-order valence-corrected chi connectivity index (χ0v) is 16.7. The van der Waals surface area contributed by atoms with Gasteiger partial charge in [-0.15, -0.1) is 0 Å². The highest BCUT2D eigenvalue weighted by Gasteiger charge is 2.21. The maximum absolute atomic E-state index is 12.6. The first-order valence-electron chi connectivity index (χ1n) is 8.35. The zero-order chi connectivity index (χ0) is 20.0. The topological polar surface area (TPSA) is 84.9 Å². The standard InChI is InChI=1S/C19H24N2O5S/c1-14-7-5-6-8-17(14)21(15(2)22)12-11-20-27(23,24)19-10-9-16(25-3)13-18(19)26-4/h5-10,13,20H,11-12H2,1-4H3. The molecule has 0 saturated carbocycles. The van der Waals surface area contributed by atoms with Crippen LogP contribution in [0.4, 0.5) is 5.69 Å². The van der Waals surface area contributed by atoms with Crippen LogP contribution >= 0.6 is 0 Å². The smallest absolute Gasteiger partial charge is 0.244 e. The van der Waals surface area contributed by atoms with Crippen LogP contribution in [0.15, 0.2) is 47.4 Å². The Kier molecular flexibility index (Phi) is 6.81. The lowest BCUT2D eigenvalue weighted by atomic mass is 10.2. The number of amides is 1. The molecule has 0 bridgehead atoms. The highest BCUT2D eigenvalue weighted by atomic mass is 32.2. The molecule has 2 aromatic rings. The van der Waals surface area contributed by atoms with Gasteiger partial charge in [0.2, 0.25) is 15.9 Å². The van der Waals surface area contributed by atoms with Crippen molar-refractivity contribution in [3.8, 4) is 11.5 Å². The van der Waals surface area contributed by atoms with Crippen LogP contribution in [-0.2, 0) is 14.8 Å². The van der Waals surface area contributed by atoms with Gasteiger partial charge in [0.15, 0.2) is 0 Å². The van der Waals surface area contributed by atoms with Crippen molar-refractivity contribution in [3.63, 3.8) is 0 Å². The van der Waals surface area contributed by atoms with Crippen molar-refractivity contribution >= 4 is 21.6 Å². The molecule has 0 unspecified atom stereocenters. The van der Waals surface area contributed by atoms with Crippen molar-refractivity contribution in [2.75, 3.05) is 32.2 Å². The average Bonchev–Trinajstić information content (AvgIpc) is 2.65. The van der Waals surface area contributed by atoms with E-state index in [0.717, 1.165) is 11.3 Å². The lowest BCUT2D eigenvalue weighted by Crippen LogP contribution is -2.38. The van der Waals surface area contributed by atoms with E-state index in [0.29, 0.717) is 5.75 Å². The third-order valence-electron chi connectivity index (χ3n) is 4.07. The first kappa shape index (κ1) is 20.7. The summed E-state index contributed by atoms with van der Waals surface area (Å²) in [5.41, 5.74) is 1.69. The van der Waals surface area contributed by atoms with E-state index in [2.05, 4.69) is 4.72 Å². The summed E-state index contributed by atoms with van der Waals surface area (Å²) in [4.78, 5) is 13.6. The van der Waals surface area contributed by atoms with E-state index in [-0.39, 0.29) is 29.6 Å². The summed E-state index contributed by atoms with van der Waals surface area (Å²) in [5, 5.41) is 0. The molecule has 0 saturated heterocycles. The predicted molar refractivity (Wildman–Crippen MR) is 104 cm³/mol. The van der Waals surface area contributed by atoms with Gasteiger partial charge >= 0.3 is 0 Å². The highest BCUT2D eigenvalue weighted by molar-refractivity contribution is 7.89. The Hall–Kier alpha value is -2.58. The largest absolute Gasteiger partial charge is 0.497 e. The van der Waals surface area contributed by atoms with E-state index in [1.165, 1.54) is 33.3 Å². The number of hydrogen-bond donors (Lipinski definition) is 1. The molecule has 0 aliphatic rings. The van der Waals surface area contributed by atoms with Gasteiger partial charge in [0.1, 0.15) is 16.4 Å². The van der Waals surface area contributed by atoms with Crippen LogP contribution in [-0.4, -0.2) is 41.6 Å². The minimum Gasteiger partial charge on any atom is -0.497 e. The summed E-state index contributed by atoms with van der Waals surface area (Å²) in [6.45, 7) is 3.62. The van der Waals surface area contributed by atoms with Gasteiger partial charge in [0.05, 0.1) is 14.2 Å². The monoisotopic (exact) mass is 392 g/mol. The normalized spacial score (nSPS) is 11.1. The number of methoxy groups -OCH3 is 2. The average molecular weight is 392 g/mol. The maximum atomic E-state index is 12.6. The highest BCUT2D eigenvalue weighted by Crippen LogP contribution is 2.28. The molecule has 1 amide bonds. The number of para-hydroxylation sites is 1. The number of carbonyl (C=O) groups is 1. The molecule has 2 rings (SSSR count). The Morgan fingerprint density at radius 2 is 1.81 bits per heavy atom. The van der Waals surface area contributed by atoms with E-state index in [4.69, 9.17) is 9.47 Å². The van der Waals surface area contributed by atoms with Gasteiger partial charge in [0.25, 0.3) is 0 Å². The molecule has 7 nitrogen and oxygen atoms in total. The molecular formula is C19H24N2O5S. The van der Waals surface area contributed by atoms with Crippen LogP contribution in [0, 0.1) is 6.92 Å². The minimum absolute atomic E-state index is 0.0102. The number of aryl methyl sites for hydroxylation is 1. The van der Waals surface area contributed by atoms with Crippen molar-refractivity contribution in [1.29, 1.82) is 0 Å². The molecule has 2 aromatic carbocycles. The molecular weight excluding hydrogens is 368 g/mol. The number of sulfonamides is 1. The maximum Gasteiger partial charge on any atom is 0.244 e. The number of anilines is 1. The third-order valence-corrected chi connectivity index (χ3v) is 5.57. The summed E-state index contributed by atoms with van der Waals surface area (Å²) < 4.78 is 38.0. The Morgan fingerprint density at radius 1 is 1.11 bits per heavy atom. The van der Waals surface area contributed by atoms with E-state index in [9.17, 15) is 13.2 Å². The Bertz CT molecular complexity index is 912. The van der Waals surface area contributed by atoms with Gasteiger partial charge in [-0.25, -0.2) is 13.1 Å². The molecule has 0 aromatic heterocycles. The predicted octanol–water partition coefficient (Wildman–Crippen LogP) is 2.34. The van der Waals surface area contributed by atoms with Gasteiger partial charge in [-0.1, -0.05) is 18.2 Å². The van der Waals surface area contributed by atoms with Gasteiger partial charge in [-0.05, 0) is 30.7 Å². The lowest BCUT2D eigenvalue weighted by Gasteiger charge is -2.23. The lowest BCUT2D eigenvalue weighted by molar-refractivity contribution is -0.116. The van der Waals surface area contributed by atoms with Crippen molar-refractivity contribution in [1.82, 2.24) is 4.72 Å². The van der Waals surface area contributed by atoms with E-state index in [1.807, 2.05) is 31.2 Å². The van der Waals surface area contributed by atoms with Crippen molar-refractivity contribution in [3.05, 3.63) is 48.0 Å². The van der Waals surface area contributed by atoms with Crippen LogP contribution in [0.3, 0.4) is 0 Å². The van der Waals surface area contributed by atoms with Gasteiger partial charge in [-0.3, -0.25) is 4.79 Å². The quantitative estimate of drug-likeness (QED) is 0.745. The number of hydrogen-bond acceptors (Lipinski definition) is 5. The second-order valence-corrected chi connectivity index (χ2v) is 7.61. The number of nitrogens with one attached hydrogen (secondary N) is 1. The molecule has 0 spiro atoms. The number of ether oxygens (including phenoxy) is 2. The number of rotatable bonds is 8. The number of carbonyl (C=O) groups excluding carboxylic acids is 1. The Labute approximate surface area is 160 Å². The van der Waals surface area contributed by atoms with Crippen LogP contribution in [0.5, 0.6) is 11.5 Å². The first-order valence-corrected chi connectivity index (χ1v) is 9.84. The van der Waals surface area contributed by atoms with Gasteiger partial charge < -0.3 is 14.4 Å². The Balaban J connectivity index is 2.15. The third kappa shape index (κ3) is 4.99. The van der Waals surface area contributed by atoms with Crippen LogP contribution in [0.25, 0.3) is 0 Å². The molecule has 0 heterocycles. The fourth-order valence-electron chi connectivity index (χ4n) is 2.68. The van der Waals surface area contributed by atoms with Crippen molar-refractivity contribution < 1.29 is 22.7 Å². The number of benzene rings is 2. The SMILES string of the molecule is COc1ccc(S(=O)(=O)NCCN(C(C)=O)c2ccccc2C)c(OC)c1. The molecule has 146 valence electrons. The van der Waals surface area contributed by atoms with E-state index >= 15 is 0 Å². The number of nitrogens with zero attached hydrogens (tertiary/aromatic N) is 1. The van der Waals surface area contributed by atoms with Crippen LogP contribution < -0.4 is 19.1 Å². The van der Waals surface area contributed by atoms with Gasteiger partial charge in [0, 0.05) is 31.8 Å². The molecule has 27 heavy (non-hydrogen) atoms.